The van der Waals surface area contributed by atoms with Crippen LogP contribution < -0.4 is 0 Å². The fraction of sp³-hybridized carbons (Fsp3) is 0.571. The first-order valence-corrected chi connectivity index (χ1v) is 3.36. The molecular formula is C7H9F4NO. The first-order chi connectivity index (χ1) is 5.84. The molecule has 0 bridgehead atoms. The van der Waals surface area contributed by atoms with Crippen LogP contribution in [0.4, 0.5) is 17.6 Å². The molecule has 0 radical (unpaired) electrons. The normalized spacial score (nSPS) is 11.5. The van der Waals surface area contributed by atoms with E-state index in [1.54, 1.807) is 0 Å². The van der Waals surface area contributed by atoms with Gasteiger partial charge in [0.1, 0.15) is 0 Å². The van der Waals surface area contributed by atoms with Crippen LogP contribution in [0.25, 0.3) is 0 Å². The van der Waals surface area contributed by atoms with Crippen molar-refractivity contribution in [3.05, 3.63) is 12.7 Å². The van der Waals surface area contributed by atoms with E-state index in [-0.39, 0.29) is 6.54 Å². The molecule has 6 heteroatoms. The molecule has 0 aliphatic rings. The van der Waals surface area contributed by atoms with Crippen molar-refractivity contribution < 1.29 is 22.4 Å². The number of alkyl halides is 4. The van der Waals surface area contributed by atoms with Crippen molar-refractivity contribution in [3.63, 3.8) is 0 Å². The first kappa shape index (κ1) is 11.9. The van der Waals surface area contributed by atoms with E-state index in [2.05, 4.69) is 6.58 Å². The number of carbonyl (C=O) groups is 1. The van der Waals surface area contributed by atoms with Crippen LogP contribution in [-0.4, -0.2) is 36.7 Å². The van der Waals surface area contributed by atoms with Crippen LogP contribution in [0.3, 0.4) is 0 Å². The van der Waals surface area contributed by atoms with Gasteiger partial charge in [0, 0.05) is 13.6 Å². The summed E-state index contributed by atoms with van der Waals surface area (Å²) >= 11 is 0. The highest BCUT2D eigenvalue weighted by atomic mass is 19.3. The number of amides is 1. The zero-order valence-corrected chi connectivity index (χ0v) is 6.94. The Morgan fingerprint density at radius 1 is 1.62 bits per heavy atom. The number of hydrogen-bond donors (Lipinski definition) is 0. The van der Waals surface area contributed by atoms with E-state index in [0.29, 0.717) is 4.90 Å². The molecule has 0 saturated heterocycles. The van der Waals surface area contributed by atoms with Gasteiger partial charge < -0.3 is 4.90 Å². The Hall–Kier alpha value is -1.07. The largest absolute Gasteiger partial charge is 0.383 e. The molecule has 0 N–H and O–H groups in total. The van der Waals surface area contributed by atoms with Crippen molar-refractivity contribution in [2.24, 2.45) is 0 Å². The van der Waals surface area contributed by atoms with Gasteiger partial charge in [0.05, 0.1) is 0 Å². The van der Waals surface area contributed by atoms with Crippen molar-refractivity contribution in [1.29, 1.82) is 0 Å². The van der Waals surface area contributed by atoms with Gasteiger partial charge in [0.15, 0.2) is 0 Å². The van der Waals surface area contributed by atoms with Crippen LogP contribution in [0.15, 0.2) is 12.7 Å². The molecule has 0 heterocycles. The molecule has 0 aromatic rings. The summed E-state index contributed by atoms with van der Waals surface area (Å²) in [5.74, 6) is -6.51. The first-order valence-electron chi connectivity index (χ1n) is 3.36. The Balaban J connectivity index is 4.48. The predicted octanol–water partition coefficient (Wildman–Crippen LogP) is 1.53. The molecule has 2 nitrogen and oxygen atoms in total. The van der Waals surface area contributed by atoms with Gasteiger partial charge in [-0.05, 0) is 0 Å². The summed E-state index contributed by atoms with van der Waals surface area (Å²) in [5.41, 5.74) is 0. The van der Waals surface area contributed by atoms with Gasteiger partial charge in [0.2, 0.25) is 0 Å². The lowest BCUT2D eigenvalue weighted by molar-refractivity contribution is -0.178. The molecule has 0 aliphatic heterocycles. The minimum Gasteiger partial charge on any atom is -0.337 e. The van der Waals surface area contributed by atoms with E-state index in [4.69, 9.17) is 0 Å². The average Bonchev–Trinajstić information content (AvgIpc) is 2.03. The second-order valence-electron chi connectivity index (χ2n) is 2.40. The van der Waals surface area contributed by atoms with Gasteiger partial charge >= 0.3 is 12.3 Å². The third-order valence-corrected chi connectivity index (χ3v) is 1.31. The molecule has 0 rings (SSSR count). The lowest BCUT2D eigenvalue weighted by atomic mass is 10.3. The van der Waals surface area contributed by atoms with Gasteiger partial charge in [-0.2, -0.15) is 8.78 Å². The highest BCUT2D eigenvalue weighted by Crippen LogP contribution is 2.24. The van der Waals surface area contributed by atoms with Gasteiger partial charge in [0.25, 0.3) is 5.91 Å². The summed E-state index contributed by atoms with van der Waals surface area (Å²) < 4.78 is 48.0. The van der Waals surface area contributed by atoms with Crippen LogP contribution in [0, 0.1) is 0 Å². The smallest absolute Gasteiger partial charge is 0.337 e. The minimum atomic E-state index is -4.61. The second-order valence-corrected chi connectivity index (χ2v) is 2.40. The highest BCUT2D eigenvalue weighted by Gasteiger charge is 2.50. The topological polar surface area (TPSA) is 20.3 Å². The van der Waals surface area contributed by atoms with Gasteiger partial charge in [-0.15, -0.1) is 6.58 Å². The maximum atomic E-state index is 12.3. The molecule has 0 aromatic carbocycles. The van der Waals surface area contributed by atoms with Crippen molar-refractivity contribution in [3.8, 4) is 0 Å². The van der Waals surface area contributed by atoms with Gasteiger partial charge in [-0.3, -0.25) is 4.79 Å². The summed E-state index contributed by atoms with van der Waals surface area (Å²) in [6.07, 6.45) is -2.81. The zero-order valence-electron chi connectivity index (χ0n) is 6.94. The number of likely N-dealkylation sites (N-methyl/N-ethyl adjacent to an activating group) is 1. The van der Waals surface area contributed by atoms with E-state index in [1.807, 2.05) is 0 Å². The van der Waals surface area contributed by atoms with Crippen molar-refractivity contribution in [2.75, 3.05) is 13.6 Å². The quantitative estimate of drug-likeness (QED) is 0.496. The van der Waals surface area contributed by atoms with Crippen LogP contribution >= 0.6 is 0 Å². The number of carbonyl (C=O) groups excluding carboxylic acids is 1. The predicted molar refractivity (Wildman–Crippen MR) is 38.8 cm³/mol. The number of halogens is 4. The molecule has 0 spiro atoms. The second kappa shape index (κ2) is 4.25. The molecule has 76 valence electrons. The minimum absolute atomic E-state index is 0.193. The molecule has 0 saturated carbocycles. The van der Waals surface area contributed by atoms with Crippen LogP contribution in [-0.2, 0) is 4.79 Å². The highest BCUT2D eigenvalue weighted by molar-refractivity contribution is 5.83. The van der Waals surface area contributed by atoms with E-state index in [1.165, 1.54) is 6.08 Å². The maximum absolute atomic E-state index is 12.3. The summed E-state index contributed by atoms with van der Waals surface area (Å²) in [7, 11) is 1.00. The van der Waals surface area contributed by atoms with E-state index in [9.17, 15) is 22.4 Å². The molecule has 0 aliphatic carbocycles. The van der Waals surface area contributed by atoms with Crippen molar-refractivity contribution in [2.45, 2.75) is 12.3 Å². The third kappa shape index (κ3) is 2.71. The lowest BCUT2D eigenvalue weighted by Gasteiger charge is -2.21. The number of hydrogen-bond acceptors (Lipinski definition) is 1. The molecular weight excluding hydrogens is 190 g/mol. The Labute approximate surface area is 72.8 Å². The van der Waals surface area contributed by atoms with Gasteiger partial charge in [-0.1, -0.05) is 6.08 Å². The average molecular weight is 199 g/mol. The van der Waals surface area contributed by atoms with Gasteiger partial charge in [-0.25, -0.2) is 8.78 Å². The Morgan fingerprint density at radius 2 is 2.08 bits per heavy atom. The van der Waals surface area contributed by atoms with Crippen LogP contribution in [0.5, 0.6) is 0 Å². The van der Waals surface area contributed by atoms with Crippen LogP contribution in [0.2, 0.25) is 0 Å². The number of nitrogens with zero attached hydrogens (tertiary/aromatic N) is 1. The fourth-order valence-corrected chi connectivity index (χ4v) is 0.624. The number of rotatable bonds is 4. The van der Waals surface area contributed by atoms with E-state index < -0.39 is 18.3 Å². The monoisotopic (exact) mass is 199 g/mol. The molecule has 0 atom stereocenters. The molecule has 0 fully saturated rings. The van der Waals surface area contributed by atoms with Crippen LogP contribution in [0.1, 0.15) is 0 Å². The van der Waals surface area contributed by atoms with Crippen molar-refractivity contribution in [1.82, 2.24) is 4.90 Å². The Kier molecular flexibility index (Phi) is 3.90. The summed E-state index contributed by atoms with van der Waals surface area (Å²) in [5, 5.41) is 0. The Bertz CT molecular complexity index is 205. The SMILES string of the molecule is C=CCN(C)C(=O)C(F)(F)C(F)F. The maximum Gasteiger partial charge on any atom is 0.383 e. The van der Waals surface area contributed by atoms with E-state index >= 15 is 0 Å². The summed E-state index contributed by atoms with van der Waals surface area (Å²) in [6, 6.07) is 0. The molecule has 1 amide bonds. The summed E-state index contributed by atoms with van der Waals surface area (Å²) in [4.78, 5) is 11.1. The Morgan fingerprint density at radius 3 is 2.38 bits per heavy atom. The summed E-state index contributed by atoms with van der Waals surface area (Å²) in [6.45, 7) is 2.99. The zero-order chi connectivity index (χ0) is 10.6. The molecule has 0 unspecified atom stereocenters. The van der Waals surface area contributed by atoms with Crippen molar-refractivity contribution >= 4 is 5.91 Å². The third-order valence-electron chi connectivity index (χ3n) is 1.31. The fourth-order valence-electron chi connectivity index (χ4n) is 0.624. The van der Waals surface area contributed by atoms with E-state index in [0.717, 1.165) is 7.05 Å². The molecule has 0 aromatic heterocycles. The molecule has 13 heavy (non-hydrogen) atoms. The lowest BCUT2D eigenvalue weighted by Crippen LogP contribution is -2.46. The standard InChI is InChI=1S/C7H9F4NO/c1-3-4-12(2)6(13)7(10,11)5(8)9/h3,5H,1,4H2,2H3.